The number of fused-ring (bicyclic) bond motifs is 1. The minimum absolute atomic E-state index is 0.102. The predicted octanol–water partition coefficient (Wildman–Crippen LogP) is 5.01. The van der Waals surface area contributed by atoms with Crippen LogP contribution in [0.4, 0.5) is 17.6 Å². The highest BCUT2D eigenvalue weighted by molar-refractivity contribution is 8.18. The number of aromatic nitrogens is 2. The zero-order valence-corrected chi connectivity index (χ0v) is 20.0. The number of piperidine rings is 1. The number of carbonyl (C=O) groups excluding carboxylic acids is 1. The number of rotatable bonds is 4. The Morgan fingerprint density at radius 2 is 1.92 bits per heavy atom. The summed E-state index contributed by atoms with van der Waals surface area (Å²) in [5.41, 5.74) is 0.136. The largest absolute Gasteiger partial charge is 0.481 e. The van der Waals surface area contributed by atoms with E-state index in [9.17, 15) is 27.2 Å². The van der Waals surface area contributed by atoms with Crippen LogP contribution in [0.2, 0.25) is 0 Å². The molecule has 1 amide bonds. The van der Waals surface area contributed by atoms with Crippen molar-refractivity contribution < 1.29 is 32.3 Å². The van der Waals surface area contributed by atoms with Crippen LogP contribution in [-0.4, -0.2) is 49.9 Å². The average molecular weight is 533 g/mol. The first-order valence-electron chi connectivity index (χ1n) is 11.4. The number of alkyl halides is 3. The molecular weight excluding hydrogens is 512 g/mol. The number of aliphatic carboxylic acids is 1. The van der Waals surface area contributed by atoms with Crippen molar-refractivity contribution >= 4 is 45.8 Å². The number of hydrogen-bond donors (Lipinski definition) is 1. The van der Waals surface area contributed by atoms with Crippen LogP contribution >= 0.6 is 11.8 Å². The van der Waals surface area contributed by atoms with E-state index in [0.717, 1.165) is 12.1 Å². The molecule has 0 radical (unpaired) electrons. The van der Waals surface area contributed by atoms with Crippen LogP contribution in [0.3, 0.4) is 0 Å². The molecule has 7 nitrogen and oxygen atoms in total. The number of carboxylic acid groups (broad SMARTS) is 1. The molecule has 1 N–H and O–H groups in total. The Balaban J connectivity index is 1.32. The summed E-state index contributed by atoms with van der Waals surface area (Å²) in [6.45, 7) is 0.834. The lowest BCUT2D eigenvalue weighted by Crippen LogP contribution is -2.38. The molecule has 0 spiro atoms. The van der Waals surface area contributed by atoms with E-state index in [0.29, 0.717) is 58.5 Å². The van der Waals surface area contributed by atoms with E-state index in [2.05, 4.69) is 10.1 Å². The van der Waals surface area contributed by atoms with Crippen molar-refractivity contribution in [2.75, 3.05) is 13.1 Å². The fourth-order valence-corrected chi connectivity index (χ4v) is 5.40. The molecule has 37 heavy (non-hydrogen) atoms. The van der Waals surface area contributed by atoms with Gasteiger partial charge in [-0.25, -0.2) is 4.39 Å². The van der Waals surface area contributed by atoms with Gasteiger partial charge in [0.15, 0.2) is 5.17 Å². The van der Waals surface area contributed by atoms with Gasteiger partial charge in [0.2, 0.25) is 0 Å². The molecule has 5 rings (SSSR count). The van der Waals surface area contributed by atoms with Gasteiger partial charge in [0, 0.05) is 18.5 Å². The van der Waals surface area contributed by atoms with Crippen LogP contribution in [0, 0.1) is 11.7 Å². The van der Waals surface area contributed by atoms with Crippen LogP contribution in [-0.2, 0) is 22.3 Å². The van der Waals surface area contributed by atoms with Gasteiger partial charge in [0.1, 0.15) is 5.82 Å². The van der Waals surface area contributed by atoms with E-state index < -0.39 is 23.5 Å². The van der Waals surface area contributed by atoms with Crippen molar-refractivity contribution in [1.82, 2.24) is 14.7 Å². The van der Waals surface area contributed by atoms with E-state index in [-0.39, 0.29) is 23.9 Å². The second kappa shape index (κ2) is 9.66. The summed E-state index contributed by atoms with van der Waals surface area (Å²) in [5, 5.41) is 14.6. The van der Waals surface area contributed by atoms with Gasteiger partial charge in [-0.1, -0.05) is 12.1 Å². The number of hydrogen-bond acceptors (Lipinski definition) is 5. The zero-order valence-electron chi connectivity index (χ0n) is 19.2. The Bertz CT molecular complexity index is 1460. The summed E-state index contributed by atoms with van der Waals surface area (Å²) >= 11 is 1.23. The molecule has 3 heterocycles. The number of nitrogens with zero attached hydrogens (tertiary/aromatic N) is 4. The smallest absolute Gasteiger partial charge is 0.416 e. The summed E-state index contributed by atoms with van der Waals surface area (Å²) in [7, 11) is 0. The molecule has 2 aromatic carbocycles. The summed E-state index contributed by atoms with van der Waals surface area (Å²) in [6.07, 6.45) is -0.507. The van der Waals surface area contributed by atoms with Crippen molar-refractivity contribution in [2.45, 2.75) is 25.6 Å². The third-order valence-corrected chi connectivity index (χ3v) is 7.43. The molecule has 3 aromatic rings. The number of likely N-dealkylation sites (tertiary alicyclic amines) is 1. The molecular formula is C25H20F4N4O3S. The lowest BCUT2D eigenvalue weighted by molar-refractivity contribution is -0.143. The summed E-state index contributed by atoms with van der Waals surface area (Å²) in [4.78, 5) is 30.1. The SMILES string of the molecule is O=C1N=C(N2CCC(C(=O)O)CC2)S/C1=C\c1ccc2c(cnn2Cc2ccc(F)cc2C(F)(F)F)c1. The summed E-state index contributed by atoms with van der Waals surface area (Å²) < 4.78 is 55.0. The number of carbonyl (C=O) groups is 2. The second-order valence-corrected chi connectivity index (χ2v) is 9.84. The highest BCUT2D eigenvalue weighted by Crippen LogP contribution is 2.34. The van der Waals surface area contributed by atoms with Crippen molar-refractivity contribution in [1.29, 1.82) is 0 Å². The highest BCUT2D eigenvalue weighted by atomic mass is 32.2. The highest BCUT2D eigenvalue weighted by Gasteiger charge is 2.34. The molecule has 0 aliphatic carbocycles. The van der Waals surface area contributed by atoms with E-state index in [1.165, 1.54) is 22.6 Å². The maximum Gasteiger partial charge on any atom is 0.416 e. The monoisotopic (exact) mass is 532 g/mol. The van der Waals surface area contributed by atoms with Crippen LogP contribution in [0.1, 0.15) is 29.5 Å². The van der Waals surface area contributed by atoms with Crippen molar-refractivity contribution in [3.05, 3.63) is 70.0 Å². The van der Waals surface area contributed by atoms with Gasteiger partial charge in [-0.05, 0) is 66.1 Å². The standard InChI is InChI=1S/C25H20F4N4O3S/c26-18-3-2-16(19(11-18)25(27,28)29)13-33-20-4-1-14(9-17(20)12-30-33)10-21-22(34)31-24(37-21)32-7-5-15(6-8-32)23(35)36/h1-4,9-12,15H,5-8,13H2,(H,35,36)/b21-10-. The molecule has 2 aliphatic heterocycles. The minimum atomic E-state index is -4.70. The van der Waals surface area contributed by atoms with E-state index in [1.807, 2.05) is 4.90 Å². The fourth-order valence-electron chi connectivity index (χ4n) is 4.44. The van der Waals surface area contributed by atoms with Crippen LogP contribution in [0.5, 0.6) is 0 Å². The van der Waals surface area contributed by atoms with E-state index >= 15 is 0 Å². The average Bonchev–Trinajstić information content (AvgIpc) is 3.42. The van der Waals surface area contributed by atoms with Crippen molar-refractivity contribution in [3.63, 3.8) is 0 Å². The van der Waals surface area contributed by atoms with Gasteiger partial charge >= 0.3 is 12.1 Å². The maximum atomic E-state index is 13.4. The minimum Gasteiger partial charge on any atom is -0.481 e. The number of halogens is 4. The number of carboxylic acids is 1. The molecule has 1 aromatic heterocycles. The van der Waals surface area contributed by atoms with E-state index in [1.54, 1.807) is 24.3 Å². The first-order chi connectivity index (χ1) is 17.6. The fraction of sp³-hybridized carbons (Fsp3) is 0.280. The van der Waals surface area contributed by atoms with Crippen molar-refractivity contribution in [2.24, 2.45) is 10.9 Å². The van der Waals surface area contributed by atoms with Crippen LogP contribution in [0.15, 0.2) is 52.5 Å². The number of benzene rings is 2. The molecule has 0 atom stereocenters. The van der Waals surface area contributed by atoms with Crippen LogP contribution < -0.4 is 0 Å². The Morgan fingerprint density at radius 3 is 2.62 bits per heavy atom. The summed E-state index contributed by atoms with van der Waals surface area (Å²) in [6, 6.07) is 7.77. The molecule has 12 heteroatoms. The molecule has 2 aliphatic rings. The zero-order chi connectivity index (χ0) is 26.3. The molecule has 192 valence electrons. The molecule has 0 unspecified atom stereocenters. The Hall–Kier alpha value is -3.67. The second-order valence-electron chi connectivity index (χ2n) is 8.83. The Kier molecular flexibility index (Phi) is 6.52. The normalized spacial score (nSPS) is 18.2. The predicted molar refractivity (Wildman–Crippen MR) is 130 cm³/mol. The number of thioether (sulfide) groups is 1. The van der Waals surface area contributed by atoms with Gasteiger partial charge in [-0.3, -0.25) is 14.3 Å². The van der Waals surface area contributed by atoms with Gasteiger partial charge < -0.3 is 10.0 Å². The maximum absolute atomic E-state index is 13.4. The molecule has 1 fully saturated rings. The lowest BCUT2D eigenvalue weighted by atomic mass is 9.98. The third kappa shape index (κ3) is 5.24. The first-order valence-corrected chi connectivity index (χ1v) is 12.2. The Labute approximate surface area is 212 Å². The third-order valence-electron chi connectivity index (χ3n) is 6.38. The van der Waals surface area contributed by atoms with Gasteiger partial charge in [0.25, 0.3) is 5.91 Å². The molecule has 1 saturated heterocycles. The van der Waals surface area contributed by atoms with Crippen LogP contribution in [0.25, 0.3) is 17.0 Å². The van der Waals surface area contributed by atoms with Gasteiger partial charge in [0.05, 0.1) is 34.6 Å². The topological polar surface area (TPSA) is 87.8 Å². The number of amides is 1. The van der Waals surface area contributed by atoms with Gasteiger partial charge in [-0.2, -0.15) is 23.3 Å². The van der Waals surface area contributed by atoms with Crippen molar-refractivity contribution in [3.8, 4) is 0 Å². The Morgan fingerprint density at radius 1 is 1.16 bits per heavy atom. The summed E-state index contributed by atoms with van der Waals surface area (Å²) in [5.74, 6) is -2.54. The molecule has 0 bridgehead atoms. The quantitative estimate of drug-likeness (QED) is 0.376. The lowest BCUT2D eigenvalue weighted by Gasteiger charge is -2.30. The number of amidine groups is 1. The molecule has 0 saturated carbocycles. The first kappa shape index (κ1) is 25.0. The van der Waals surface area contributed by atoms with E-state index in [4.69, 9.17) is 5.11 Å². The van der Waals surface area contributed by atoms with Gasteiger partial charge in [-0.15, -0.1) is 0 Å². The number of aliphatic imine (C=N–C) groups is 1.